The van der Waals surface area contributed by atoms with Crippen molar-refractivity contribution >= 4 is 11.8 Å². The first-order valence-corrected chi connectivity index (χ1v) is 6.75. The Hall–Kier alpha value is -1.23. The molecule has 2 aromatic heterocycles. The minimum absolute atomic E-state index is 0.553. The van der Waals surface area contributed by atoms with E-state index in [1.54, 1.807) is 18.0 Å². The molecule has 4 nitrogen and oxygen atoms in total. The van der Waals surface area contributed by atoms with E-state index >= 15 is 0 Å². The second kappa shape index (κ2) is 4.56. The molecule has 2 aromatic rings. The molecule has 0 aliphatic heterocycles. The van der Waals surface area contributed by atoms with E-state index in [0.29, 0.717) is 16.4 Å². The second-order valence-corrected chi connectivity index (χ2v) is 5.54. The van der Waals surface area contributed by atoms with Crippen molar-refractivity contribution in [2.24, 2.45) is 0 Å². The van der Waals surface area contributed by atoms with Crippen molar-refractivity contribution in [3.63, 3.8) is 0 Å². The van der Waals surface area contributed by atoms with Gasteiger partial charge >= 0.3 is 0 Å². The van der Waals surface area contributed by atoms with Crippen LogP contribution >= 0.6 is 11.8 Å². The van der Waals surface area contributed by atoms with Gasteiger partial charge in [0, 0.05) is 5.25 Å². The largest absolute Gasteiger partial charge is 0.469 e. The van der Waals surface area contributed by atoms with Crippen LogP contribution in [0.5, 0.6) is 0 Å². The van der Waals surface area contributed by atoms with Crippen molar-refractivity contribution < 1.29 is 8.83 Å². The number of furan rings is 1. The van der Waals surface area contributed by atoms with Crippen LogP contribution in [0.2, 0.25) is 0 Å². The monoisotopic (exact) mass is 250 g/mol. The third-order valence-electron chi connectivity index (χ3n) is 3.07. The lowest BCUT2D eigenvalue weighted by atomic mass is 10.3. The lowest BCUT2D eigenvalue weighted by Gasteiger charge is -2.02. The normalized spacial score (nSPS) is 16.8. The van der Waals surface area contributed by atoms with Gasteiger partial charge in [0.15, 0.2) is 0 Å². The number of aryl methyl sites for hydroxylation is 1. The van der Waals surface area contributed by atoms with E-state index in [-0.39, 0.29) is 0 Å². The summed E-state index contributed by atoms with van der Waals surface area (Å²) in [6, 6.07) is 1.85. The number of thioether (sulfide) groups is 1. The molecule has 0 saturated heterocycles. The van der Waals surface area contributed by atoms with E-state index in [2.05, 4.69) is 10.2 Å². The van der Waals surface area contributed by atoms with Crippen LogP contribution in [-0.4, -0.2) is 15.4 Å². The first-order valence-electron chi connectivity index (χ1n) is 5.87. The summed E-state index contributed by atoms with van der Waals surface area (Å²) in [5.41, 5.74) is 0.885. The summed E-state index contributed by atoms with van der Waals surface area (Å²) in [4.78, 5) is 0. The fourth-order valence-corrected chi connectivity index (χ4v) is 3.19. The second-order valence-electron chi connectivity index (χ2n) is 4.29. The van der Waals surface area contributed by atoms with Gasteiger partial charge in [0.05, 0.1) is 11.8 Å². The van der Waals surface area contributed by atoms with E-state index in [4.69, 9.17) is 8.83 Å². The molecule has 0 spiro atoms. The van der Waals surface area contributed by atoms with Crippen molar-refractivity contribution in [3.05, 3.63) is 18.1 Å². The smallest absolute Gasteiger partial charge is 0.277 e. The van der Waals surface area contributed by atoms with Crippen molar-refractivity contribution in [1.82, 2.24) is 10.2 Å². The SMILES string of the molecule is Cc1occc1-c1nnc(SC2CCCC2)o1. The number of rotatable bonds is 3. The maximum Gasteiger partial charge on any atom is 0.277 e. The van der Waals surface area contributed by atoms with Gasteiger partial charge in [0.25, 0.3) is 11.1 Å². The third kappa shape index (κ3) is 2.24. The van der Waals surface area contributed by atoms with Crippen LogP contribution in [0, 0.1) is 6.92 Å². The Balaban J connectivity index is 1.76. The van der Waals surface area contributed by atoms with Crippen LogP contribution in [0.3, 0.4) is 0 Å². The number of aromatic nitrogens is 2. The van der Waals surface area contributed by atoms with E-state index in [9.17, 15) is 0 Å². The summed E-state index contributed by atoms with van der Waals surface area (Å²) in [6.45, 7) is 1.89. The standard InChI is InChI=1S/C12H14N2O2S/c1-8-10(6-7-15-8)11-13-14-12(16-11)17-9-4-2-3-5-9/h6-7,9H,2-5H2,1H3. The molecule has 0 radical (unpaired) electrons. The van der Waals surface area contributed by atoms with Gasteiger partial charge in [-0.05, 0) is 25.8 Å². The summed E-state index contributed by atoms with van der Waals surface area (Å²) < 4.78 is 10.9. The summed E-state index contributed by atoms with van der Waals surface area (Å²) in [6.07, 6.45) is 6.79. The molecule has 0 bridgehead atoms. The van der Waals surface area contributed by atoms with Crippen molar-refractivity contribution in [2.45, 2.75) is 43.1 Å². The molecule has 1 fully saturated rings. The molecular formula is C12H14N2O2S. The highest BCUT2D eigenvalue weighted by atomic mass is 32.2. The van der Waals surface area contributed by atoms with Gasteiger partial charge in [-0.1, -0.05) is 24.6 Å². The Kier molecular flexibility index (Phi) is 2.93. The van der Waals surface area contributed by atoms with Gasteiger partial charge in [-0.3, -0.25) is 0 Å². The molecule has 0 aromatic carbocycles. The maximum absolute atomic E-state index is 5.65. The summed E-state index contributed by atoms with van der Waals surface area (Å²) in [7, 11) is 0. The highest BCUT2D eigenvalue weighted by Crippen LogP contribution is 2.35. The quantitative estimate of drug-likeness (QED) is 0.831. The molecule has 0 N–H and O–H groups in total. The summed E-state index contributed by atoms with van der Waals surface area (Å²) in [5, 5.41) is 9.47. The molecule has 0 amide bonds. The van der Waals surface area contributed by atoms with Gasteiger partial charge in [0.2, 0.25) is 0 Å². The Morgan fingerprint density at radius 2 is 2.12 bits per heavy atom. The predicted molar refractivity (Wildman–Crippen MR) is 64.9 cm³/mol. The number of hydrogen-bond donors (Lipinski definition) is 0. The molecule has 5 heteroatoms. The molecule has 2 heterocycles. The van der Waals surface area contributed by atoms with Crippen LogP contribution in [0.1, 0.15) is 31.4 Å². The average Bonchev–Trinajstić information content (AvgIpc) is 3.00. The predicted octanol–water partition coefficient (Wildman–Crippen LogP) is 3.67. The molecular weight excluding hydrogens is 236 g/mol. The van der Waals surface area contributed by atoms with Gasteiger partial charge in [-0.2, -0.15) is 0 Å². The topological polar surface area (TPSA) is 52.1 Å². The molecule has 17 heavy (non-hydrogen) atoms. The number of hydrogen-bond acceptors (Lipinski definition) is 5. The first-order chi connectivity index (χ1) is 8.33. The minimum atomic E-state index is 0.553. The lowest BCUT2D eigenvalue weighted by Crippen LogP contribution is -1.92. The van der Waals surface area contributed by atoms with Crippen LogP contribution in [0.4, 0.5) is 0 Å². The summed E-state index contributed by atoms with van der Waals surface area (Å²) in [5.74, 6) is 1.36. The molecule has 90 valence electrons. The third-order valence-corrected chi connectivity index (χ3v) is 4.24. The van der Waals surface area contributed by atoms with E-state index in [0.717, 1.165) is 11.3 Å². The van der Waals surface area contributed by atoms with Gasteiger partial charge in [0.1, 0.15) is 5.76 Å². The van der Waals surface area contributed by atoms with Gasteiger partial charge < -0.3 is 8.83 Å². The Morgan fingerprint density at radius 3 is 2.82 bits per heavy atom. The molecule has 3 rings (SSSR count). The van der Waals surface area contributed by atoms with Crippen molar-refractivity contribution in [2.75, 3.05) is 0 Å². The molecule has 0 unspecified atom stereocenters. The van der Waals surface area contributed by atoms with E-state index in [1.165, 1.54) is 25.7 Å². The minimum Gasteiger partial charge on any atom is -0.469 e. The highest BCUT2D eigenvalue weighted by molar-refractivity contribution is 7.99. The van der Waals surface area contributed by atoms with Gasteiger partial charge in [-0.25, -0.2) is 0 Å². The number of nitrogens with zero attached hydrogens (tertiary/aromatic N) is 2. The fourth-order valence-electron chi connectivity index (χ4n) is 2.12. The van der Waals surface area contributed by atoms with Crippen LogP contribution in [0.15, 0.2) is 26.4 Å². The lowest BCUT2D eigenvalue weighted by molar-refractivity contribution is 0.462. The Morgan fingerprint density at radius 1 is 1.29 bits per heavy atom. The average molecular weight is 250 g/mol. The summed E-state index contributed by atoms with van der Waals surface area (Å²) >= 11 is 1.70. The Bertz CT molecular complexity index is 500. The molecule has 1 aliphatic carbocycles. The van der Waals surface area contributed by atoms with Crippen LogP contribution in [0.25, 0.3) is 11.5 Å². The zero-order valence-corrected chi connectivity index (χ0v) is 10.5. The maximum atomic E-state index is 5.65. The zero-order chi connectivity index (χ0) is 11.7. The molecule has 0 atom stereocenters. The first kappa shape index (κ1) is 10.9. The van der Waals surface area contributed by atoms with Crippen LogP contribution in [-0.2, 0) is 0 Å². The zero-order valence-electron chi connectivity index (χ0n) is 9.68. The Labute approximate surface area is 104 Å². The molecule has 1 aliphatic rings. The molecule has 1 saturated carbocycles. The van der Waals surface area contributed by atoms with Gasteiger partial charge in [-0.15, -0.1) is 10.2 Å². The fraction of sp³-hybridized carbons (Fsp3) is 0.500. The van der Waals surface area contributed by atoms with Crippen molar-refractivity contribution in [1.29, 1.82) is 0 Å². The van der Waals surface area contributed by atoms with E-state index < -0.39 is 0 Å². The van der Waals surface area contributed by atoms with Crippen molar-refractivity contribution in [3.8, 4) is 11.5 Å². The van der Waals surface area contributed by atoms with Crippen LogP contribution < -0.4 is 0 Å². The van der Waals surface area contributed by atoms with E-state index in [1.807, 2.05) is 13.0 Å². The highest BCUT2D eigenvalue weighted by Gasteiger charge is 2.20.